The van der Waals surface area contributed by atoms with Crippen LogP contribution in [0, 0.1) is 5.82 Å². The molecule has 0 saturated carbocycles. The number of hydrogen-bond acceptors (Lipinski definition) is 5. The molecule has 2 aromatic carbocycles. The summed E-state index contributed by atoms with van der Waals surface area (Å²) >= 11 is 12.2. The molecule has 6 nitrogen and oxygen atoms in total. The van der Waals surface area contributed by atoms with Gasteiger partial charge in [-0.2, -0.15) is 0 Å². The van der Waals surface area contributed by atoms with E-state index in [1.54, 1.807) is 18.2 Å². The minimum Gasteiger partial charge on any atom is -0.507 e. The number of likely N-dealkylation sites (tertiary alicyclic amines) is 1. The van der Waals surface area contributed by atoms with Gasteiger partial charge in [0.15, 0.2) is 11.6 Å². The molecule has 1 amide bonds. The number of ketones is 1. The van der Waals surface area contributed by atoms with E-state index in [0.29, 0.717) is 23.6 Å². The number of methoxy groups -OCH3 is 1. The monoisotopic (exact) mass is 480 g/mol. The molecule has 0 aromatic heterocycles. The number of ether oxygens (including phenoxy) is 1. The quantitative estimate of drug-likeness (QED) is 0.358. The molecule has 1 atom stereocenters. The number of aliphatic hydroxyl groups excluding tert-OH is 1. The van der Waals surface area contributed by atoms with Gasteiger partial charge in [0.1, 0.15) is 5.76 Å². The summed E-state index contributed by atoms with van der Waals surface area (Å²) in [5.74, 6) is -2.78. The first-order valence-electron chi connectivity index (χ1n) is 9.87. The Bertz CT molecular complexity index is 1090. The van der Waals surface area contributed by atoms with Crippen molar-refractivity contribution < 1.29 is 23.8 Å². The third kappa shape index (κ3) is 4.75. The molecule has 1 N–H and O–H groups in total. The van der Waals surface area contributed by atoms with Crippen molar-refractivity contribution in [1.82, 2.24) is 9.80 Å². The molecule has 2 aromatic rings. The summed E-state index contributed by atoms with van der Waals surface area (Å²) in [7, 11) is 5.13. The van der Waals surface area contributed by atoms with Gasteiger partial charge in [-0.1, -0.05) is 29.3 Å². The second-order valence-electron chi connectivity index (χ2n) is 7.67. The van der Waals surface area contributed by atoms with Crippen molar-refractivity contribution in [3.8, 4) is 5.75 Å². The zero-order valence-electron chi connectivity index (χ0n) is 17.9. The SMILES string of the molecule is COc1ccc(C(O)=C2C(=O)C(=O)N(CCCN(C)C)C2c2ccc(Cl)c(Cl)c2)cc1F. The van der Waals surface area contributed by atoms with Crippen LogP contribution in [0.1, 0.15) is 23.6 Å². The molecular formula is C23H23Cl2FN2O4. The summed E-state index contributed by atoms with van der Waals surface area (Å²) in [6.45, 7) is 0.974. The average Bonchev–Trinajstić information content (AvgIpc) is 3.00. The maximum Gasteiger partial charge on any atom is 0.295 e. The summed E-state index contributed by atoms with van der Waals surface area (Å²) in [4.78, 5) is 29.2. The Balaban J connectivity index is 2.13. The van der Waals surface area contributed by atoms with E-state index >= 15 is 0 Å². The van der Waals surface area contributed by atoms with Gasteiger partial charge in [-0.3, -0.25) is 9.59 Å². The fourth-order valence-corrected chi connectivity index (χ4v) is 3.97. The predicted molar refractivity (Wildman–Crippen MR) is 122 cm³/mol. The number of Topliss-reactive ketones (excluding diaryl/α,β-unsaturated/α-hetero) is 1. The first kappa shape index (κ1) is 24.0. The molecule has 1 fully saturated rings. The van der Waals surface area contributed by atoms with Gasteiger partial charge in [0, 0.05) is 12.1 Å². The van der Waals surface area contributed by atoms with E-state index in [1.807, 2.05) is 19.0 Å². The maximum atomic E-state index is 14.3. The minimum absolute atomic E-state index is 0.00767. The number of rotatable bonds is 7. The standard InChI is InChI=1S/C23H23Cl2FN2O4/c1-27(2)9-4-10-28-20(13-5-7-15(24)16(25)11-13)19(22(30)23(28)31)21(29)14-6-8-18(32-3)17(26)12-14/h5-8,11-12,20,29H,4,9-10H2,1-3H3. The van der Waals surface area contributed by atoms with Gasteiger partial charge in [0.05, 0.1) is 28.8 Å². The van der Waals surface area contributed by atoms with Crippen LogP contribution in [-0.4, -0.2) is 60.9 Å². The lowest BCUT2D eigenvalue weighted by molar-refractivity contribution is -0.139. The Morgan fingerprint density at radius 3 is 2.47 bits per heavy atom. The average molecular weight is 481 g/mol. The van der Waals surface area contributed by atoms with Crippen LogP contribution in [0.3, 0.4) is 0 Å². The molecule has 1 heterocycles. The molecule has 1 aliphatic rings. The molecule has 9 heteroatoms. The van der Waals surface area contributed by atoms with Crippen LogP contribution in [-0.2, 0) is 9.59 Å². The van der Waals surface area contributed by atoms with Gasteiger partial charge in [0.25, 0.3) is 11.7 Å². The number of aliphatic hydroxyl groups is 1. The summed E-state index contributed by atoms with van der Waals surface area (Å²) in [6, 6.07) is 7.68. The van der Waals surface area contributed by atoms with Crippen molar-refractivity contribution in [2.24, 2.45) is 0 Å². The smallest absolute Gasteiger partial charge is 0.295 e. The number of hydrogen-bond donors (Lipinski definition) is 1. The van der Waals surface area contributed by atoms with Crippen molar-refractivity contribution in [3.05, 3.63) is 69.0 Å². The molecule has 0 radical (unpaired) electrons. The highest BCUT2D eigenvalue weighted by Crippen LogP contribution is 2.41. The molecular weight excluding hydrogens is 458 g/mol. The molecule has 1 aliphatic heterocycles. The maximum absolute atomic E-state index is 14.3. The first-order chi connectivity index (χ1) is 15.1. The highest BCUT2D eigenvalue weighted by molar-refractivity contribution is 6.46. The Morgan fingerprint density at radius 2 is 1.88 bits per heavy atom. The van der Waals surface area contributed by atoms with Gasteiger partial charge in [0.2, 0.25) is 0 Å². The van der Waals surface area contributed by atoms with E-state index < -0.39 is 29.3 Å². The molecule has 0 aliphatic carbocycles. The van der Waals surface area contributed by atoms with E-state index in [-0.39, 0.29) is 28.5 Å². The first-order valence-corrected chi connectivity index (χ1v) is 10.6. The molecule has 1 unspecified atom stereocenters. The zero-order chi connectivity index (χ0) is 23.6. The summed E-state index contributed by atoms with van der Waals surface area (Å²) in [6.07, 6.45) is 0.606. The number of carbonyl (C=O) groups is 2. The predicted octanol–water partition coefficient (Wildman–Crippen LogP) is 4.51. The second-order valence-corrected chi connectivity index (χ2v) is 8.49. The third-order valence-electron chi connectivity index (χ3n) is 5.23. The molecule has 32 heavy (non-hydrogen) atoms. The van der Waals surface area contributed by atoms with Crippen molar-refractivity contribution in [2.75, 3.05) is 34.3 Å². The number of nitrogens with zero attached hydrogens (tertiary/aromatic N) is 2. The lowest BCUT2D eigenvalue weighted by atomic mass is 9.95. The van der Waals surface area contributed by atoms with Crippen LogP contribution < -0.4 is 4.74 Å². The summed E-state index contributed by atoms with van der Waals surface area (Å²) in [5.41, 5.74) is 0.432. The topological polar surface area (TPSA) is 70.1 Å². The van der Waals surface area contributed by atoms with E-state index in [2.05, 4.69) is 0 Å². The van der Waals surface area contributed by atoms with Gasteiger partial charge >= 0.3 is 0 Å². The van der Waals surface area contributed by atoms with Crippen LogP contribution in [0.5, 0.6) is 5.75 Å². The summed E-state index contributed by atoms with van der Waals surface area (Å²) < 4.78 is 19.2. The molecule has 170 valence electrons. The largest absolute Gasteiger partial charge is 0.507 e. The van der Waals surface area contributed by atoms with Crippen molar-refractivity contribution in [2.45, 2.75) is 12.5 Å². The lowest BCUT2D eigenvalue weighted by Crippen LogP contribution is -2.32. The highest BCUT2D eigenvalue weighted by Gasteiger charge is 2.46. The lowest BCUT2D eigenvalue weighted by Gasteiger charge is -2.26. The van der Waals surface area contributed by atoms with E-state index in [9.17, 15) is 19.1 Å². The van der Waals surface area contributed by atoms with Crippen molar-refractivity contribution in [1.29, 1.82) is 0 Å². The van der Waals surface area contributed by atoms with Crippen molar-refractivity contribution in [3.63, 3.8) is 0 Å². The summed E-state index contributed by atoms with van der Waals surface area (Å²) in [5, 5.41) is 11.6. The normalized spacial score (nSPS) is 18.0. The van der Waals surface area contributed by atoms with Gasteiger partial charge in [-0.25, -0.2) is 4.39 Å². The third-order valence-corrected chi connectivity index (χ3v) is 5.97. The minimum atomic E-state index is -0.892. The Morgan fingerprint density at radius 1 is 1.16 bits per heavy atom. The van der Waals surface area contributed by atoms with Crippen LogP contribution in [0.25, 0.3) is 5.76 Å². The number of halogens is 3. The fourth-order valence-electron chi connectivity index (χ4n) is 3.67. The van der Waals surface area contributed by atoms with E-state index in [1.165, 1.54) is 24.1 Å². The Labute approximate surface area is 195 Å². The second kappa shape index (κ2) is 9.90. The van der Waals surface area contributed by atoms with Crippen LogP contribution >= 0.6 is 23.2 Å². The highest BCUT2D eigenvalue weighted by atomic mass is 35.5. The molecule has 0 bridgehead atoms. The number of carbonyl (C=O) groups excluding carboxylic acids is 2. The fraction of sp³-hybridized carbons (Fsp3) is 0.304. The van der Waals surface area contributed by atoms with Gasteiger partial charge in [-0.05, 0) is 63.0 Å². The Hall–Kier alpha value is -2.61. The number of benzene rings is 2. The zero-order valence-corrected chi connectivity index (χ0v) is 19.4. The van der Waals surface area contributed by atoms with Crippen LogP contribution in [0.15, 0.2) is 42.0 Å². The van der Waals surface area contributed by atoms with Crippen LogP contribution in [0.2, 0.25) is 10.0 Å². The Kier molecular flexibility index (Phi) is 7.44. The number of amides is 1. The molecule has 3 rings (SSSR count). The van der Waals surface area contributed by atoms with Crippen molar-refractivity contribution >= 4 is 40.7 Å². The van der Waals surface area contributed by atoms with E-state index in [4.69, 9.17) is 27.9 Å². The molecule has 1 saturated heterocycles. The van der Waals surface area contributed by atoms with Crippen LogP contribution in [0.4, 0.5) is 4.39 Å². The van der Waals surface area contributed by atoms with Gasteiger partial charge in [-0.15, -0.1) is 0 Å². The van der Waals surface area contributed by atoms with Gasteiger partial charge < -0.3 is 19.6 Å². The molecule has 0 spiro atoms. The van der Waals surface area contributed by atoms with E-state index in [0.717, 1.165) is 6.07 Å².